The van der Waals surface area contributed by atoms with E-state index in [1.165, 1.54) is 0 Å². The number of ether oxygens (including phenoxy) is 2. The topological polar surface area (TPSA) is 67.9 Å². The molecule has 0 bridgehead atoms. The lowest BCUT2D eigenvalue weighted by molar-refractivity contribution is -0.117. The number of amides is 1. The quantitative estimate of drug-likeness (QED) is 0.822. The zero-order valence-corrected chi connectivity index (χ0v) is 15.2. The standard InChI is InChI=1S/C21H22N2O4/c1-2-26-19-8-4-3-6-15(19)13-27-21(25)14-9-10-17-16(12-14)22-20(24)18-7-5-11-23(17)18/h3-4,6,8-10,12,18H,2,5,7,11,13H2,1H3,(H,22,24)/t18-/m1/s1. The number of para-hydroxylation sites is 1. The van der Waals surface area contributed by atoms with Crippen molar-refractivity contribution < 1.29 is 19.1 Å². The van der Waals surface area contributed by atoms with E-state index in [0.717, 1.165) is 30.6 Å². The summed E-state index contributed by atoms with van der Waals surface area (Å²) in [4.78, 5) is 26.9. The minimum atomic E-state index is -0.429. The van der Waals surface area contributed by atoms with Crippen molar-refractivity contribution in [3.05, 3.63) is 53.6 Å². The Hall–Kier alpha value is -3.02. The average molecular weight is 366 g/mol. The molecule has 0 aliphatic carbocycles. The number of esters is 1. The van der Waals surface area contributed by atoms with Crippen LogP contribution in [0.3, 0.4) is 0 Å². The first kappa shape index (κ1) is 17.4. The normalized spacial score (nSPS) is 17.7. The van der Waals surface area contributed by atoms with E-state index in [0.29, 0.717) is 23.6 Å². The van der Waals surface area contributed by atoms with Gasteiger partial charge in [-0.05, 0) is 44.0 Å². The molecule has 1 saturated heterocycles. The van der Waals surface area contributed by atoms with Crippen molar-refractivity contribution in [1.29, 1.82) is 0 Å². The van der Waals surface area contributed by atoms with Crippen LogP contribution in [0.2, 0.25) is 0 Å². The van der Waals surface area contributed by atoms with Gasteiger partial charge in [0.05, 0.1) is 23.5 Å². The number of fused-ring (bicyclic) bond motifs is 3. The molecule has 140 valence electrons. The predicted octanol–water partition coefficient (Wildman–Crippen LogP) is 3.36. The van der Waals surface area contributed by atoms with E-state index in [4.69, 9.17) is 9.47 Å². The highest BCUT2D eigenvalue weighted by molar-refractivity contribution is 6.05. The smallest absolute Gasteiger partial charge is 0.338 e. The van der Waals surface area contributed by atoms with Gasteiger partial charge in [0.1, 0.15) is 18.4 Å². The maximum atomic E-state index is 12.5. The Balaban J connectivity index is 1.49. The number of hydrogen-bond acceptors (Lipinski definition) is 5. The van der Waals surface area contributed by atoms with Gasteiger partial charge < -0.3 is 19.7 Å². The number of anilines is 2. The van der Waals surface area contributed by atoms with E-state index in [1.807, 2.05) is 37.3 Å². The van der Waals surface area contributed by atoms with Gasteiger partial charge in [-0.2, -0.15) is 0 Å². The summed E-state index contributed by atoms with van der Waals surface area (Å²) in [6.45, 7) is 3.46. The van der Waals surface area contributed by atoms with Crippen molar-refractivity contribution >= 4 is 23.3 Å². The first-order valence-electron chi connectivity index (χ1n) is 9.26. The molecule has 2 aromatic rings. The molecule has 1 atom stereocenters. The molecule has 1 N–H and O–H groups in total. The summed E-state index contributed by atoms with van der Waals surface area (Å²) in [5.41, 5.74) is 2.87. The fourth-order valence-corrected chi connectivity index (χ4v) is 3.70. The number of nitrogens with one attached hydrogen (secondary N) is 1. The predicted molar refractivity (Wildman–Crippen MR) is 102 cm³/mol. The summed E-state index contributed by atoms with van der Waals surface area (Å²) < 4.78 is 11.0. The van der Waals surface area contributed by atoms with Gasteiger partial charge in [0.2, 0.25) is 5.91 Å². The van der Waals surface area contributed by atoms with Gasteiger partial charge in [-0.1, -0.05) is 18.2 Å². The molecular weight excluding hydrogens is 344 g/mol. The van der Waals surface area contributed by atoms with Crippen LogP contribution in [0.15, 0.2) is 42.5 Å². The second-order valence-corrected chi connectivity index (χ2v) is 6.69. The number of hydrogen-bond donors (Lipinski definition) is 1. The van der Waals surface area contributed by atoms with E-state index in [-0.39, 0.29) is 18.6 Å². The molecule has 1 fully saturated rings. The molecule has 0 spiro atoms. The lowest BCUT2D eigenvalue weighted by Crippen LogP contribution is -2.43. The second kappa shape index (κ2) is 7.31. The van der Waals surface area contributed by atoms with Crippen LogP contribution >= 0.6 is 0 Å². The molecule has 6 heteroatoms. The third-order valence-corrected chi connectivity index (χ3v) is 4.99. The van der Waals surface area contributed by atoms with E-state index in [9.17, 15) is 9.59 Å². The highest BCUT2D eigenvalue weighted by Crippen LogP contribution is 2.37. The van der Waals surface area contributed by atoms with Crippen molar-refractivity contribution in [2.75, 3.05) is 23.4 Å². The zero-order chi connectivity index (χ0) is 18.8. The third-order valence-electron chi connectivity index (χ3n) is 4.99. The molecule has 2 heterocycles. The van der Waals surface area contributed by atoms with Gasteiger partial charge >= 0.3 is 5.97 Å². The van der Waals surface area contributed by atoms with Crippen molar-refractivity contribution in [2.45, 2.75) is 32.4 Å². The largest absolute Gasteiger partial charge is 0.493 e. The van der Waals surface area contributed by atoms with Crippen LogP contribution in [0.4, 0.5) is 11.4 Å². The molecule has 2 aliphatic heterocycles. The molecule has 0 saturated carbocycles. The number of rotatable bonds is 5. The molecule has 6 nitrogen and oxygen atoms in total. The van der Waals surface area contributed by atoms with E-state index >= 15 is 0 Å². The first-order chi connectivity index (χ1) is 13.2. The van der Waals surface area contributed by atoms with Crippen LogP contribution in [-0.2, 0) is 16.1 Å². The fraction of sp³-hybridized carbons (Fsp3) is 0.333. The monoisotopic (exact) mass is 366 g/mol. The van der Waals surface area contributed by atoms with Crippen molar-refractivity contribution in [1.82, 2.24) is 0 Å². The summed E-state index contributed by atoms with van der Waals surface area (Å²) in [7, 11) is 0. The fourth-order valence-electron chi connectivity index (χ4n) is 3.70. The van der Waals surface area contributed by atoms with Crippen LogP contribution in [-0.4, -0.2) is 31.1 Å². The molecule has 2 aliphatic rings. The Kier molecular flexibility index (Phi) is 4.71. The molecular formula is C21H22N2O4. The number of carbonyl (C=O) groups excluding carboxylic acids is 2. The minimum Gasteiger partial charge on any atom is -0.493 e. The SMILES string of the molecule is CCOc1ccccc1COC(=O)c1ccc2c(c1)NC(=O)[C@H]1CCCN21. The van der Waals surface area contributed by atoms with Gasteiger partial charge in [-0.3, -0.25) is 4.79 Å². The maximum absolute atomic E-state index is 12.5. The second-order valence-electron chi connectivity index (χ2n) is 6.69. The number of nitrogens with zero attached hydrogens (tertiary/aromatic N) is 1. The summed E-state index contributed by atoms with van der Waals surface area (Å²) >= 11 is 0. The summed E-state index contributed by atoms with van der Waals surface area (Å²) in [6.07, 6.45) is 1.87. The van der Waals surface area contributed by atoms with Crippen LogP contribution in [0.1, 0.15) is 35.7 Å². The van der Waals surface area contributed by atoms with Crippen LogP contribution < -0.4 is 15.0 Å². The Morgan fingerprint density at radius 3 is 2.96 bits per heavy atom. The maximum Gasteiger partial charge on any atom is 0.338 e. The summed E-state index contributed by atoms with van der Waals surface area (Å²) in [6, 6.07) is 12.7. The number of carbonyl (C=O) groups is 2. The van der Waals surface area contributed by atoms with Gasteiger partial charge in [0, 0.05) is 12.1 Å². The minimum absolute atomic E-state index is 0.00356. The lowest BCUT2D eigenvalue weighted by Gasteiger charge is -2.33. The molecule has 4 rings (SSSR count). The van der Waals surface area contributed by atoms with E-state index in [1.54, 1.807) is 12.1 Å². The molecule has 1 amide bonds. The molecule has 27 heavy (non-hydrogen) atoms. The highest BCUT2D eigenvalue weighted by atomic mass is 16.5. The summed E-state index contributed by atoms with van der Waals surface area (Å²) in [5.74, 6) is 0.281. The van der Waals surface area contributed by atoms with Gasteiger partial charge in [0.15, 0.2) is 0 Å². The van der Waals surface area contributed by atoms with Crippen molar-refractivity contribution in [3.8, 4) is 5.75 Å². The Morgan fingerprint density at radius 1 is 1.26 bits per heavy atom. The van der Waals surface area contributed by atoms with Crippen molar-refractivity contribution in [2.24, 2.45) is 0 Å². The average Bonchev–Trinajstić information content (AvgIpc) is 3.18. The molecule has 2 aromatic carbocycles. The third kappa shape index (κ3) is 3.35. The van der Waals surface area contributed by atoms with Crippen LogP contribution in [0, 0.1) is 0 Å². The van der Waals surface area contributed by atoms with Gasteiger partial charge in [-0.25, -0.2) is 4.79 Å². The van der Waals surface area contributed by atoms with Gasteiger partial charge in [-0.15, -0.1) is 0 Å². The number of benzene rings is 2. The first-order valence-corrected chi connectivity index (χ1v) is 9.26. The molecule has 0 aromatic heterocycles. The van der Waals surface area contributed by atoms with E-state index < -0.39 is 5.97 Å². The molecule has 0 unspecified atom stereocenters. The van der Waals surface area contributed by atoms with Crippen LogP contribution in [0.25, 0.3) is 0 Å². The van der Waals surface area contributed by atoms with Crippen molar-refractivity contribution in [3.63, 3.8) is 0 Å². The van der Waals surface area contributed by atoms with Crippen LogP contribution in [0.5, 0.6) is 5.75 Å². The zero-order valence-electron chi connectivity index (χ0n) is 15.2. The highest BCUT2D eigenvalue weighted by Gasteiger charge is 2.36. The Bertz CT molecular complexity index is 880. The Labute approximate surface area is 158 Å². The lowest BCUT2D eigenvalue weighted by atomic mass is 10.1. The summed E-state index contributed by atoms with van der Waals surface area (Å²) in [5, 5.41) is 2.92. The van der Waals surface area contributed by atoms with Gasteiger partial charge in [0.25, 0.3) is 0 Å². The Morgan fingerprint density at radius 2 is 2.11 bits per heavy atom. The molecule has 0 radical (unpaired) electrons. The van der Waals surface area contributed by atoms with E-state index in [2.05, 4.69) is 10.2 Å².